The van der Waals surface area contributed by atoms with Gasteiger partial charge in [0.05, 0.1) is 5.69 Å². The molecule has 0 radical (unpaired) electrons. The summed E-state index contributed by atoms with van der Waals surface area (Å²) in [5.41, 5.74) is 3.59. The Balaban J connectivity index is 1.83. The predicted molar refractivity (Wildman–Crippen MR) is 89.9 cm³/mol. The van der Waals surface area contributed by atoms with Crippen LogP contribution in [0, 0.1) is 0 Å². The highest BCUT2D eigenvalue weighted by atomic mass is 32.1. The van der Waals surface area contributed by atoms with Crippen molar-refractivity contribution in [3.63, 3.8) is 0 Å². The summed E-state index contributed by atoms with van der Waals surface area (Å²) in [7, 11) is 1.82. The molecule has 2 aliphatic heterocycles. The Hall–Kier alpha value is -2.27. The SMILES string of the molecule is CN=C1Nc2cc(-c3ccccc3)sc2N2C(C)=CNC12. The predicted octanol–water partition coefficient (Wildman–Crippen LogP) is 3.47. The van der Waals surface area contributed by atoms with Gasteiger partial charge in [-0.15, -0.1) is 11.3 Å². The van der Waals surface area contributed by atoms with Crippen LogP contribution in [0.25, 0.3) is 10.4 Å². The smallest absolute Gasteiger partial charge is 0.163 e. The van der Waals surface area contributed by atoms with E-state index in [1.165, 1.54) is 21.1 Å². The molecule has 2 N–H and O–H groups in total. The Bertz CT molecular complexity index is 745. The molecule has 106 valence electrons. The van der Waals surface area contributed by atoms with E-state index in [-0.39, 0.29) is 6.17 Å². The summed E-state index contributed by atoms with van der Waals surface area (Å²) >= 11 is 1.81. The normalized spacial score (nSPS) is 21.4. The number of fused-ring (bicyclic) bond motifs is 3. The number of rotatable bonds is 1. The maximum Gasteiger partial charge on any atom is 0.163 e. The maximum absolute atomic E-state index is 4.38. The number of benzene rings is 1. The number of anilines is 2. The van der Waals surface area contributed by atoms with Gasteiger partial charge in [0, 0.05) is 23.8 Å². The van der Waals surface area contributed by atoms with E-state index in [1.54, 1.807) is 0 Å². The molecule has 5 heteroatoms. The lowest BCUT2D eigenvalue weighted by molar-refractivity contribution is 0.771. The molecule has 0 aliphatic carbocycles. The van der Waals surface area contributed by atoms with Crippen LogP contribution in [0.4, 0.5) is 10.7 Å². The van der Waals surface area contributed by atoms with Crippen LogP contribution in [0.3, 0.4) is 0 Å². The molecule has 2 aliphatic rings. The number of allylic oxidation sites excluding steroid dienone is 1. The van der Waals surface area contributed by atoms with Gasteiger partial charge in [0.15, 0.2) is 6.17 Å². The van der Waals surface area contributed by atoms with Crippen molar-refractivity contribution in [1.82, 2.24) is 5.32 Å². The first-order chi connectivity index (χ1) is 10.3. The first kappa shape index (κ1) is 12.5. The largest absolute Gasteiger partial charge is 0.363 e. The first-order valence-electron chi connectivity index (χ1n) is 6.93. The van der Waals surface area contributed by atoms with Crippen molar-refractivity contribution in [1.29, 1.82) is 0 Å². The zero-order valence-corrected chi connectivity index (χ0v) is 12.7. The summed E-state index contributed by atoms with van der Waals surface area (Å²) in [4.78, 5) is 7.96. The highest BCUT2D eigenvalue weighted by Gasteiger charge is 2.36. The van der Waals surface area contributed by atoms with Crippen molar-refractivity contribution in [2.45, 2.75) is 13.1 Å². The molecule has 0 bridgehead atoms. The van der Waals surface area contributed by atoms with Gasteiger partial charge in [0.25, 0.3) is 0 Å². The van der Waals surface area contributed by atoms with E-state index >= 15 is 0 Å². The molecule has 0 saturated carbocycles. The van der Waals surface area contributed by atoms with Gasteiger partial charge in [-0.1, -0.05) is 30.3 Å². The first-order valence-corrected chi connectivity index (χ1v) is 7.74. The van der Waals surface area contributed by atoms with Gasteiger partial charge >= 0.3 is 0 Å². The minimum absolute atomic E-state index is 0.0878. The molecule has 1 aromatic carbocycles. The molecule has 1 unspecified atom stereocenters. The maximum atomic E-state index is 4.38. The second-order valence-corrected chi connectivity index (χ2v) is 6.18. The molecule has 2 aromatic rings. The number of hydrogen-bond acceptors (Lipinski definition) is 4. The molecular weight excluding hydrogens is 280 g/mol. The molecule has 1 atom stereocenters. The number of aliphatic imine (C=N–C) groups is 1. The molecule has 3 heterocycles. The topological polar surface area (TPSA) is 39.7 Å². The van der Waals surface area contributed by atoms with Crippen LogP contribution < -0.4 is 15.5 Å². The van der Waals surface area contributed by atoms with E-state index < -0.39 is 0 Å². The van der Waals surface area contributed by atoms with Crippen molar-refractivity contribution < 1.29 is 0 Å². The van der Waals surface area contributed by atoms with E-state index in [9.17, 15) is 0 Å². The lowest BCUT2D eigenvalue weighted by Crippen LogP contribution is -2.49. The van der Waals surface area contributed by atoms with Crippen molar-refractivity contribution >= 4 is 27.9 Å². The zero-order valence-electron chi connectivity index (χ0n) is 11.9. The average molecular weight is 296 g/mol. The van der Waals surface area contributed by atoms with Crippen molar-refractivity contribution in [2.24, 2.45) is 4.99 Å². The highest BCUT2D eigenvalue weighted by molar-refractivity contribution is 7.20. The molecule has 4 rings (SSSR count). The standard InChI is InChI=1S/C16H16N4S/c1-10-9-18-15-14(17-2)19-12-8-13(21-16(12)20(10)15)11-6-4-3-5-7-11/h3-9,15,18H,1-2H3,(H,17,19). The minimum Gasteiger partial charge on any atom is -0.363 e. The third-order valence-electron chi connectivity index (χ3n) is 3.84. The van der Waals surface area contributed by atoms with Crippen LogP contribution in [0.1, 0.15) is 6.92 Å². The number of nitrogens with one attached hydrogen (secondary N) is 2. The molecule has 21 heavy (non-hydrogen) atoms. The summed E-state index contributed by atoms with van der Waals surface area (Å²) in [5, 5.41) is 8.07. The Kier molecular flexibility index (Phi) is 2.75. The van der Waals surface area contributed by atoms with Gasteiger partial charge in [-0.2, -0.15) is 0 Å². The lowest BCUT2D eigenvalue weighted by atomic mass is 10.2. The summed E-state index contributed by atoms with van der Waals surface area (Å²) in [6.45, 7) is 2.12. The van der Waals surface area contributed by atoms with E-state index in [0.29, 0.717) is 0 Å². The lowest BCUT2D eigenvalue weighted by Gasteiger charge is -2.33. The van der Waals surface area contributed by atoms with Crippen molar-refractivity contribution in [3.05, 3.63) is 48.3 Å². The average Bonchev–Trinajstić information content (AvgIpc) is 3.11. The summed E-state index contributed by atoms with van der Waals surface area (Å²) in [5.74, 6) is 0.952. The second-order valence-electron chi connectivity index (χ2n) is 5.15. The van der Waals surface area contributed by atoms with E-state index in [4.69, 9.17) is 0 Å². The Morgan fingerprint density at radius 1 is 1.24 bits per heavy atom. The Labute approximate surface area is 127 Å². The molecule has 1 aromatic heterocycles. The quantitative estimate of drug-likeness (QED) is 0.846. The van der Waals surface area contributed by atoms with E-state index in [0.717, 1.165) is 11.5 Å². The second kappa shape index (κ2) is 4.63. The van der Waals surface area contributed by atoms with Gasteiger partial charge in [-0.25, -0.2) is 0 Å². The monoisotopic (exact) mass is 296 g/mol. The number of nitrogens with zero attached hydrogens (tertiary/aromatic N) is 2. The van der Waals surface area contributed by atoms with Crippen LogP contribution >= 0.6 is 11.3 Å². The van der Waals surface area contributed by atoms with Crippen molar-refractivity contribution in [3.8, 4) is 10.4 Å². The van der Waals surface area contributed by atoms with Crippen LogP contribution in [-0.4, -0.2) is 19.0 Å². The third kappa shape index (κ3) is 1.85. The molecular formula is C16H16N4S. The minimum atomic E-state index is 0.0878. The molecule has 0 spiro atoms. The summed E-state index contributed by atoms with van der Waals surface area (Å²) < 4.78 is 0. The third-order valence-corrected chi connectivity index (χ3v) is 5.02. The van der Waals surface area contributed by atoms with Crippen LogP contribution in [0.15, 0.2) is 53.3 Å². The van der Waals surface area contributed by atoms with Crippen LogP contribution in [-0.2, 0) is 0 Å². The zero-order chi connectivity index (χ0) is 14.4. The van der Waals surface area contributed by atoms with Crippen LogP contribution in [0.5, 0.6) is 0 Å². The van der Waals surface area contributed by atoms with Gasteiger partial charge in [0.1, 0.15) is 10.8 Å². The van der Waals surface area contributed by atoms with Crippen molar-refractivity contribution in [2.75, 3.05) is 17.3 Å². The molecule has 0 fully saturated rings. The summed E-state index contributed by atoms with van der Waals surface area (Å²) in [6, 6.07) is 12.7. The fourth-order valence-corrected chi connectivity index (χ4v) is 4.01. The molecule has 0 amide bonds. The fraction of sp³-hybridized carbons (Fsp3) is 0.188. The molecule has 4 nitrogen and oxygen atoms in total. The number of thiophene rings is 1. The Morgan fingerprint density at radius 3 is 2.81 bits per heavy atom. The van der Waals surface area contributed by atoms with Gasteiger partial charge in [0.2, 0.25) is 0 Å². The fourth-order valence-electron chi connectivity index (χ4n) is 2.81. The van der Waals surface area contributed by atoms with Gasteiger partial charge < -0.3 is 15.5 Å². The number of amidine groups is 1. The van der Waals surface area contributed by atoms with Gasteiger partial charge in [-0.05, 0) is 18.6 Å². The Morgan fingerprint density at radius 2 is 2.05 bits per heavy atom. The van der Waals surface area contributed by atoms with Gasteiger partial charge in [-0.3, -0.25) is 4.99 Å². The summed E-state index contributed by atoms with van der Waals surface area (Å²) in [6.07, 6.45) is 2.14. The molecule has 0 saturated heterocycles. The highest BCUT2D eigenvalue weighted by Crippen LogP contribution is 2.46. The van der Waals surface area contributed by atoms with E-state index in [1.807, 2.05) is 24.5 Å². The van der Waals surface area contributed by atoms with Crippen LogP contribution in [0.2, 0.25) is 0 Å². The van der Waals surface area contributed by atoms with E-state index in [2.05, 4.69) is 64.0 Å². The number of hydrogen-bond donors (Lipinski definition) is 2.